The first kappa shape index (κ1) is 17.0. The summed E-state index contributed by atoms with van der Waals surface area (Å²) >= 11 is 5.93. The number of nitro benzene ring substituents is 1. The van der Waals surface area contributed by atoms with Gasteiger partial charge in [-0.3, -0.25) is 19.7 Å². The predicted molar refractivity (Wildman–Crippen MR) is 84.2 cm³/mol. The van der Waals surface area contributed by atoms with E-state index in [0.717, 1.165) is 0 Å². The standard InChI is InChI=1S/C15H15ClN2O5/c1-8-2-4-10(18(22)23)7-13(8)17-14(19)12-6-9(16)3-5-11(12)15(20)21/h2-4,7,11-12H,5-6H2,1H3,(H,17,19)(H,20,21)/t11-,12-/m1/s1. The number of nitrogens with one attached hydrogen (secondary N) is 1. The zero-order valence-corrected chi connectivity index (χ0v) is 13.0. The SMILES string of the molecule is Cc1ccc([N+](=O)[O-])cc1NC(=O)[C@@H]1CC(Cl)=CC[C@H]1C(=O)O. The summed E-state index contributed by atoms with van der Waals surface area (Å²) in [5, 5.41) is 23.1. The van der Waals surface area contributed by atoms with Gasteiger partial charge >= 0.3 is 5.97 Å². The van der Waals surface area contributed by atoms with Crippen molar-refractivity contribution in [1.29, 1.82) is 0 Å². The summed E-state index contributed by atoms with van der Waals surface area (Å²) in [4.78, 5) is 34.0. The maximum absolute atomic E-state index is 12.4. The van der Waals surface area contributed by atoms with Gasteiger partial charge in [0, 0.05) is 17.2 Å². The van der Waals surface area contributed by atoms with Crippen molar-refractivity contribution in [1.82, 2.24) is 0 Å². The summed E-state index contributed by atoms with van der Waals surface area (Å²) in [7, 11) is 0. The van der Waals surface area contributed by atoms with Gasteiger partial charge in [-0.05, 0) is 25.3 Å². The van der Waals surface area contributed by atoms with Crippen molar-refractivity contribution in [3.63, 3.8) is 0 Å². The van der Waals surface area contributed by atoms with Crippen LogP contribution in [-0.4, -0.2) is 21.9 Å². The summed E-state index contributed by atoms with van der Waals surface area (Å²) in [5.41, 5.74) is 0.787. The molecule has 0 radical (unpaired) electrons. The maximum atomic E-state index is 12.4. The molecule has 0 heterocycles. The van der Waals surface area contributed by atoms with Gasteiger partial charge < -0.3 is 10.4 Å². The molecule has 1 aliphatic rings. The molecule has 2 atom stereocenters. The van der Waals surface area contributed by atoms with Crippen molar-refractivity contribution < 1.29 is 19.6 Å². The molecule has 7 nitrogen and oxygen atoms in total. The van der Waals surface area contributed by atoms with Crippen molar-refractivity contribution >= 4 is 34.9 Å². The smallest absolute Gasteiger partial charge is 0.307 e. The van der Waals surface area contributed by atoms with Gasteiger partial charge in [0.1, 0.15) is 0 Å². The second kappa shape index (κ2) is 6.78. The van der Waals surface area contributed by atoms with E-state index in [0.29, 0.717) is 16.3 Å². The molecule has 8 heteroatoms. The molecular weight excluding hydrogens is 324 g/mol. The molecular formula is C15H15ClN2O5. The number of anilines is 1. The number of non-ortho nitro benzene ring substituents is 1. The van der Waals surface area contributed by atoms with Crippen LogP contribution in [0, 0.1) is 28.9 Å². The van der Waals surface area contributed by atoms with E-state index in [4.69, 9.17) is 11.6 Å². The largest absolute Gasteiger partial charge is 0.481 e. The van der Waals surface area contributed by atoms with Crippen LogP contribution in [0.4, 0.5) is 11.4 Å². The molecule has 0 fully saturated rings. The Bertz CT molecular complexity index is 701. The maximum Gasteiger partial charge on any atom is 0.307 e. The molecule has 2 rings (SSSR count). The topological polar surface area (TPSA) is 110 Å². The van der Waals surface area contributed by atoms with Crippen LogP contribution in [0.5, 0.6) is 0 Å². The molecule has 1 aromatic rings. The second-order valence-corrected chi connectivity index (χ2v) is 5.87. The Morgan fingerprint density at radius 2 is 2.09 bits per heavy atom. The summed E-state index contributed by atoms with van der Waals surface area (Å²) in [5.74, 6) is -3.26. The number of nitro groups is 1. The number of halogens is 1. The van der Waals surface area contributed by atoms with Crippen LogP contribution in [0.1, 0.15) is 18.4 Å². The van der Waals surface area contributed by atoms with Crippen molar-refractivity contribution in [3.05, 3.63) is 45.0 Å². The molecule has 122 valence electrons. The molecule has 1 aromatic carbocycles. The first-order chi connectivity index (χ1) is 10.8. The number of allylic oxidation sites excluding steroid dienone is 2. The van der Waals surface area contributed by atoms with E-state index in [9.17, 15) is 24.8 Å². The number of benzene rings is 1. The average Bonchev–Trinajstić information content (AvgIpc) is 2.48. The van der Waals surface area contributed by atoms with E-state index in [1.165, 1.54) is 18.2 Å². The molecule has 0 saturated heterocycles. The number of carboxylic acid groups (broad SMARTS) is 1. The van der Waals surface area contributed by atoms with Crippen LogP contribution in [-0.2, 0) is 9.59 Å². The van der Waals surface area contributed by atoms with E-state index in [-0.39, 0.29) is 18.5 Å². The lowest BCUT2D eigenvalue weighted by molar-refractivity contribution is -0.384. The van der Waals surface area contributed by atoms with E-state index < -0.39 is 28.6 Å². The fraction of sp³-hybridized carbons (Fsp3) is 0.333. The van der Waals surface area contributed by atoms with Gasteiger partial charge in [0.2, 0.25) is 5.91 Å². The highest BCUT2D eigenvalue weighted by molar-refractivity contribution is 6.29. The van der Waals surface area contributed by atoms with E-state index in [1.54, 1.807) is 13.0 Å². The Hall–Kier alpha value is -2.41. The van der Waals surface area contributed by atoms with Gasteiger partial charge in [-0.1, -0.05) is 23.7 Å². The van der Waals surface area contributed by atoms with Crippen molar-refractivity contribution in [2.24, 2.45) is 11.8 Å². The average molecular weight is 339 g/mol. The fourth-order valence-electron chi connectivity index (χ4n) is 2.49. The fourth-order valence-corrected chi connectivity index (χ4v) is 2.74. The number of aliphatic carboxylic acids is 1. The molecule has 0 aromatic heterocycles. The molecule has 1 aliphatic carbocycles. The normalized spacial score (nSPS) is 20.5. The number of rotatable bonds is 4. The van der Waals surface area contributed by atoms with Gasteiger partial charge in [0.25, 0.3) is 5.69 Å². The summed E-state index contributed by atoms with van der Waals surface area (Å²) in [6.45, 7) is 1.70. The third-order valence-corrected chi connectivity index (χ3v) is 4.15. The molecule has 1 amide bonds. The molecule has 2 N–H and O–H groups in total. The zero-order chi connectivity index (χ0) is 17.1. The number of carboxylic acids is 1. The minimum absolute atomic E-state index is 0.137. The van der Waals surface area contributed by atoms with Crippen LogP contribution >= 0.6 is 11.6 Å². The minimum atomic E-state index is -1.07. The Labute approximate surface area is 137 Å². The van der Waals surface area contributed by atoms with Gasteiger partial charge in [-0.15, -0.1) is 0 Å². The lowest BCUT2D eigenvalue weighted by Gasteiger charge is -2.26. The van der Waals surface area contributed by atoms with Gasteiger partial charge in [-0.25, -0.2) is 0 Å². The minimum Gasteiger partial charge on any atom is -0.481 e. The summed E-state index contributed by atoms with van der Waals surface area (Å²) in [6.07, 6.45) is 1.92. The van der Waals surface area contributed by atoms with Gasteiger partial charge in [0.15, 0.2) is 0 Å². The first-order valence-corrected chi connectivity index (χ1v) is 7.30. The van der Waals surface area contributed by atoms with E-state index in [2.05, 4.69) is 5.32 Å². The number of nitrogens with zero attached hydrogens (tertiary/aromatic N) is 1. The first-order valence-electron chi connectivity index (χ1n) is 6.93. The third kappa shape index (κ3) is 3.87. The quantitative estimate of drug-likeness (QED) is 0.647. The molecule has 0 spiro atoms. The van der Waals surface area contributed by atoms with Gasteiger partial charge in [-0.2, -0.15) is 0 Å². The highest BCUT2D eigenvalue weighted by atomic mass is 35.5. The van der Waals surface area contributed by atoms with Crippen LogP contribution in [0.25, 0.3) is 0 Å². The second-order valence-electron chi connectivity index (χ2n) is 5.39. The Kier molecular flexibility index (Phi) is 5.00. The number of aryl methyl sites for hydroxylation is 1. The number of hydrogen-bond acceptors (Lipinski definition) is 4. The Balaban J connectivity index is 2.24. The molecule has 23 heavy (non-hydrogen) atoms. The highest BCUT2D eigenvalue weighted by Crippen LogP contribution is 2.33. The molecule has 0 aliphatic heterocycles. The van der Waals surface area contributed by atoms with E-state index >= 15 is 0 Å². The highest BCUT2D eigenvalue weighted by Gasteiger charge is 2.36. The molecule has 0 bridgehead atoms. The van der Waals surface area contributed by atoms with Crippen LogP contribution in [0.15, 0.2) is 29.3 Å². The monoisotopic (exact) mass is 338 g/mol. The lowest BCUT2D eigenvalue weighted by Crippen LogP contribution is -2.35. The Morgan fingerprint density at radius 3 is 2.70 bits per heavy atom. The number of carbonyl (C=O) groups is 2. The number of amides is 1. The van der Waals surface area contributed by atoms with Crippen LogP contribution in [0.2, 0.25) is 0 Å². The number of hydrogen-bond donors (Lipinski definition) is 2. The zero-order valence-electron chi connectivity index (χ0n) is 12.3. The summed E-state index contributed by atoms with van der Waals surface area (Å²) < 4.78 is 0. The van der Waals surface area contributed by atoms with Crippen molar-refractivity contribution in [2.45, 2.75) is 19.8 Å². The third-order valence-electron chi connectivity index (χ3n) is 3.84. The van der Waals surface area contributed by atoms with Crippen molar-refractivity contribution in [3.8, 4) is 0 Å². The van der Waals surface area contributed by atoms with Crippen LogP contribution < -0.4 is 5.32 Å². The van der Waals surface area contributed by atoms with Crippen molar-refractivity contribution in [2.75, 3.05) is 5.32 Å². The predicted octanol–water partition coefficient (Wildman–Crippen LogP) is 3.08. The van der Waals surface area contributed by atoms with E-state index in [1.807, 2.05) is 0 Å². The Morgan fingerprint density at radius 1 is 1.39 bits per heavy atom. The summed E-state index contributed by atoms with van der Waals surface area (Å²) in [6, 6.07) is 4.12. The molecule has 0 unspecified atom stereocenters. The molecule has 0 saturated carbocycles. The van der Waals surface area contributed by atoms with Crippen LogP contribution in [0.3, 0.4) is 0 Å². The number of carbonyl (C=O) groups excluding carboxylic acids is 1. The van der Waals surface area contributed by atoms with Gasteiger partial charge in [0.05, 0.1) is 22.4 Å². The lowest BCUT2D eigenvalue weighted by atomic mass is 9.82.